The summed E-state index contributed by atoms with van der Waals surface area (Å²) >= 11 is 1.89. The Kier molecular flexibility index (Phi) is 7.34. The Morgan fingerprint density at radius 1 is 1.44 bits per heavy atom. The molecule has 1 saturated heterocycles. The van der Waals surface area contributed by atoms with Gasteiger partial charge in [0.25, 0.3) is 0 Å². The van der Waals surface area contributed by atoms with Crippen molar-refractivity contribution in [1.29, 1.82) is 0 Å². The summed E-state index contributed by atoms with van der Waals surface area (Å²) in [5.41, 5.74) is 1.75. The summed E-state index contributed by atoms with van der Waals surface area (Å²) in [6.07, 6.45) is 0.596. The van der Waals surface area contributed by atoms with Crippen molar-refractivity contribution in [2.24, 2.45) is 0 Å². The summed E-state index contributed by atoms with van der Waals surface area (Å²) in [7, 11) is -2.04. The van der Waals surface area contributed by atoms with Crippen LogP contribution in [0, 0.1) is 0 Å². The van der Waals surface area contributed by atoms with Crippen LogP contribution in [-0.4, -0.2) is 53.0 Å². The van der Waals surface area contributed by atoms with Gasteiger partial charge in [-0.05, 0) is 38.1 Å². The monoisotopic (exact) mass is 387 g/mol. The predicted octanol–water partition coefficient (Wildman–Crippen LogP) is 3.74. The number of amides is 2. The molecule has 2 amide bonds. The molecule has 0 aromatic heterocycles. The number of anilines is 1. The topological polar surface area (TPSA) is 82.1 Å². The predicted molar refractivity (Wildman–Crippen MR) is 102 cm³/mol. The number of nitrogens with one attached hydrogen (secondary N) is 1. The molecule has 2 N–H and O–H groups in total. The van der Waals surface area contributed by atoms with Crippen LogP contribution in [-0.2, 0) is 9.09 Å². The average Bonchev–Trinajstić information content (AvgIpc) is 3.00. The molecule has 140 valence electrons. The number of hydrogen-bond acceptors (Lipinski definition) is 5. The Labute approximate surface area is 153 Å². The first kappa shape index (κ1) is 20.3. The van der Waals surface area contributed by atoms with Crippen LogP contribution in [0.3, 0.4) is 0 Å². The largest absolute Gasteiger partial charge is 0.436 e. The zero-order valence-corrected chi connectivity index (χ0v) is 16.6. The van der Waals surface area contributed by atoms with Gasteiger partial charge in [-0.1, -0.05) is 19.1 Å². The molecular formula is C16H26N3O4PS. The molecule has 1 heterocycles. The van der Waals surface area contributed by atoms with Gasteiger partial charge in [0, 0.05) is 24.5 Å². The smallest absolute Gasteiger partial charge is 0.308 e. The zero-order chi connectivity index (χ0) is 18.4. The highest BCUT2D eigenvalue weighted by molar-refractivity contribution is 7.99. The third kappa shape index (κ3) is 5.21. The van der Waals surface area contributed by atoms with Gasteiger partial charge >= 0.3 is 13.8 Å². The molecule has 0 saturated carbocycles. The molecule has 7 nitrogen and oxygen atoms in total. The van der Waals surface area contributed by atoms with E-state index in [9.17, 15) is 14.3 Å². The molecular weight excluding hydrogens is 361 g/mol. The number of benzene rings is 1. The molecule has 2 rings (SSSR count). The summed E-state index contributed by atoms with van der Waals surface area (Å²) in [6, 6.07) is 6.91. The van der Waals surface area contributed by atoms with E-state index in [2.05, 4.69) is 17.3 Å². The molecule has 0 aliphatic carbocycles. The minimum absolute atomic E-state index is 0.0743. The van der Waals surface area contributed by atoms with Gasteiger partial charge in [0.1, 0.15) is 0 Å². The Morgan fingerprint density at radius 2 is 2.12 bits per heavy atom. The SMILES string of the molecule is CCCOP(=O)(O)N(CC)C(=O)Nc1ccc(C2SCCN2C)cc1. The second kappa shape index (κ2) is 9.05. The molecule has 0 radical (unpaired) electrons. The van der Waals surface area contributed by atoms with Gasteiger partial charge in [-0.3, -0.25) is 9.42 Å². The second-order valence-corrected chi connectivity index (χ2v) is 8.71. The summed E-state index contributed by atoms with van der Waals surface area (Å²) < 4.78 is 18.0. The van der Waals surface area contributed by atoms with Crippen LogP contribution < -0.4 is 5.32 Å². The lowest BCUT2D eigenvalue weighted by atomic mass is 10.2. The van der Waals surface area contributed by atoms with Crippen LogP contribution in [0.5, 0.6) is 0 Å². The molecule has 1 aromatic rings. The van der Waals surface area contributed by atoms with E-state index >= 15 is 0 Å². The number of hydrogen-bond donors (Lipinski definition) is 2. The molecule has 2 unspecified atom stereocenters. The first-order valence-corrected chi connectivity index (χ1v) is 10.9. The summed E-state index contributed by atoms with van der Waals surface area (Å²) in [5.74, 6) is 1.11. The van der Waals surface area contributed by atoms with Crippen LogP contribution in [0.25, 0.3) is 0 Å². The number of carbonyl (C=O) groups is 1. The summed E-state index contributed by atoms with van der Waals surface area (Å²) in [5, 5.41) is 2.99. The number of thioether (sulfide) groups is 1. The highest BCUT2D eigenvalue weighted by atomic mass is 32.2. The van der Waals surface area contributed by atoms with Gasteiger partial charge in [-0.15, -0.1) is 11.8 Å². The highest BCUT2D eigenvalue weighted by Gasteiger charge is 2.33. The molecule has 1 aliphatic rings. The molecule has 2 atom stereocenters. The van der Waals surface area contributed by atoms with E-state index in [1.807, 2.05) is 43.0 Å². The van der Waals surface area contributed by atoms with Crippen molar-refractivity contribution < 1.29 is 18.8 Å². The quantitative estimate of drug-likeness (QED) is 0.694. The van der Waals surface area contributed by atoms with E-state index in [4.69, 9.17) is 4.52 Å². The van der Waals surface area contributed by atoms with E-state index < -0.39 is 13.8 Å². The van der Waals surface area contributed by atoms with Crippen LogP contribution in [0.15, 0.2) is 24.3 Å². The molecule has 1 fully saturated rings. The molecule has 25 heavy (non-hydrogen) atoms. The van der Waals surface area contributed by atoms with Gasteiger partial charge in [0.2, 0.25) is 0 Å². The number of rotatable bonds is 7. The lowest BCUT2D eigenvalue weighted by Gasteiger charge is -2.25. The van der Waals surface area contributed by atoms with Crippen molar-refractivity contribution in [3.63, 3.8) is 0 Å². The van der Waals surface area contributed by atoms with Crippen LogP contribution in [0.1, 0.15) is 31.2 Å². The van der Waals surface area contributed by atoms with Crippen LogP contribution in [0.4, 0.5) is 10.5 Å². The first-order chi connectivity index (χ1) is 11.9. The van der Waals surface area contributed by atoms with Gasteiger partial charge in [0.05, 0.1) is 12.0 Å². The van der Waals surface area contributed by atoms with Gasteiger partial charge < -0.3 is 10.2 Å². The third-order valence-corrected chi connectivity index (χ3v) is 6.83. The van der Waals surface area contributed by atoms with Crippen molar-refractivity contribution in [1.82, 2.24) is 9.57 Å². The maximum absolute atomic E-state index is 12.3. The minimum Gasteiger partial charge on any atom is -0.308 e. The van der Waals surface area contributed by atoms with Crippen LogP contribution in [0.2, 0.25) is 0 Å². The van der Waals surface area contributed by atoms with Crippen molar-refractivity contribution >= 4 is 31.2 Å². The Bertz CT molecular complexity index is 628. The number of carbonyl (C=O) groups excluding carboxylic acids is 1. The fraction of sp³-hybridized carbons (Fsp3) is 0.562. The molecule has 1 aromatic carbocycles. The van der Waals surface area contributed by atoms with E-state index in [1.165, 1.54) is 5.56 Å². The van der Waals surface area contributed by atoms with E-state index in [0.717, 1.165) is 17.0 Å². The number of nitrogens with zero attached hydrogens (tertiary/aromatic N) is 2. The molecule has 0 spiro atoms. The molecule has 9 heteroatoms. The fourth-order valence-electron chi connectivity index (χ4n) is 2.54. The Hall–Kier alpha value is -1.05. The fourth-order valence-corrected chi connectivity index (χ4v) is 5.06. The van der Waals surface area contributed by atoms with Gasteiger partial charge in [-0.2, -0.15) is 0 Å². The highest BCUT2D eigenvalue weighted by Crippen LogP contribution is 2.46. The average molecular weight is 387 g/mol. The van der Waals surface area contributed by atoms with E-state index in [1.54, 1.807) is 6.92 Å². The zero-order valence-electron chi connectivity index (χ0n) is 14.8. The van der Waals surface area contributed by atoms with Crippen molar-refractivity contribution in [3.05, 3.63) is 29.8 Å². The first-order valence-electron chi connectivity index (χ1n) is 8.37. The maximum atomic E-state index is 12.3. The summed E-state index contributed by atoms with van der Waals surface area (Å²) in [4.78, 5) is 24.6. The van der Waals surface area contributed by atoms with Crippen LogP contribution >= 0.6 is 19.5 Å². The molecule has 0 bridgehead atoms. The number of urea groups is 1. The standard InChI is InChI=1S/C16H26N3O4PS/c1-4-11-23-24(21,22)19(5-2)16(20)17-14-8-6-13(7-9-14)15-18(3)10-12-25-15/h6-9,15H,4-5,10-12H2,1-3H3,(H,17,20)(H,21,22). The third-order valence-electron chi connectivity index (χ3n) is 3.87. The normalized spacial score (nSPS) is 20.2. The lowest BCUT2D eigenvalue weighted by Crippen LogP contribution is -2.33. The maximum Gasteiger partial charge on any atom is 0.436 e. The molecule has 1 aliphatic heterocycles. The second-order valence-electron chi connectivity index (χ2n) is 5.80. The minimum atomic E-state index is -4.14. The lowest BCUT2D eigenvalue weighted by molar-refractivity contribution is 0.197. The summed E-state index contributed by atoms with van der Waals surface area (Å²) in [6.45, 7) is 4.72. The van der Waals surface area contributed by atoms with Crippen molar-refractivity contribution in [2.75, 3.05) is 37.8 Å². The Balaban J connectivity index is 2.02. The van der Waals surface area contributed by atoms with E-state index in [-0.39, 0.29) is 13.2 Å². The van der Waals surface area contributed by atoms with E-state index in [0.29, 0.717) is 17.5 Å². The van der Waals surface area contributed by atoms with Crippen molar-refractivity contribution in [3.8, 4) is 0 Å². The van der Waals surface area contributed by atoms with Gasteiger partial charge in [-0.25, -0.2) is 14.0 Å². The Morgan fingerprint density at radius 3 is 2.64 bits per heavy atom. The van der Waals surface area contributed by atoms with Gasteiger partial charge in [0.15, 0.2) is 0 Å². The van der Waals surface area contributed by atoms with Crippen molar-refractivity contribution in [2.45, 2.75) is 25.6 Å².